The van der Waals surface area contributed by atoms with Crippen molar-refractivity contribution in [1.82, 2.24) is 10.2 Å². The predicted molar refractivity (Wildman–Crippen MR) is 79.5 cm³/mol. The maximum atomic E-state index is 5.49. The lowest BCUT2D eigenvalue weighted by atomic mass is 9.92. The first kappa shape index (κ1) is 16.9. The van der Waals surface area contributed by atoms with E-state index in [1.807, 2.05) is 0 Å². The number of hydrogen-bond donors (Lipinski definition) is 1. The molecule has 0 bridgehead atoms. The number of hydrogen-bond acceptors (Lipinski definition) is 4. The van der Waals surface area contributed by atoms with Crippen LogP contribution in [0, 0.1) is 11.3 Å². The van der Waals surface area contributed by atoms with Gasteiger partial charge in [0.1, 0.15) is 0 Å². The molecule has 0 saturated carbocycles. The maximum Gasteiger partial charge on any atom is 0.0971 e. The fourth-order valence-electron chi connectivity index (χ4n) is 2.76. The summed E-state index contributed by atoms with van der Waals surface area (Å²) in [6.45, 7) is 14.3. The van der Waals surface area contributed by atoms with Gasteiger partial charge in [0.05, 0.1) is 12.2 Å². The van der Waals surface area contributed by atoms with Gasteiger partial charge in [-0.15, -0.1) is 0 Å². The van der Waals surface area contributed by atoms with E-state index < -0.39 is 0 Å². The van der Waals surface area contributed by atoms with E-state index in [9.17, 15) is 0 Å². The maximum absolute atomic E-state index is 5.49. The van der Waals surface area contributed by atoms with Gasteiger partial charge in [0.25, 0.3) is 0 Å². The molecule has 0 aromatic rings. The van der Waals surface area contributed by atoms with Crippen LogP contribution in [0.4, 0.5) is 0 Å². The molecule has 1 N–H and O–H groups in total. The van der Waals surface area contributed by atoms with Crippen LogP contribution >= 0.6 is 0 Å². The Bertz CT molecular complexity index is 245. The minimum absolute atomic E-state index is 0.212. The van der Waals surface area contributed by atoms with Crippen LogP contribution in [-0.4, -0.2) is 64.1 Å². The first-order valence-electron chi connectivity index (χ1n) is 7.36. The molecule has 0 aromatic carbocycles. The third-order valence-electron chi connectivity index (χ3n) is 3.70. The molecule has 1 fully saturated rings. The summed E-state index contributed by atoms with van der Waals surface area (Å²) < 4.78 is 11.0. The molecule has 0 aromatic heterocycles. The van der Waals surface area contributed by atoms with Gasteiger partial charge in [0, 0.05) is 40.4 Å². The normalized spacial score (nSPS) is 25.4. The second-order valence-corrected chi connectivity index (χ2v) is 6.93. The van der Waals surface area contributed by atoms with Crippen LogP contribution in [0.15, 0.2) is 0 Å². The minimum Gasteiger partial charge on any atom is -0.377 e. The standard InChI is InChI=1S/C15H32N2O2/c1-12(2)7-16-10-15(3,4)11-17-8-13(18-5)14(9-17)19-6/h12-14,16H,7-11H2,1-6H3. The summed E-state index contributed by atoms with van der Waals surface area (Å²) in [4.78, 5) is 2.46. The van der Waals surface area contributed by atoms with E-state index in [-0.39, 0.29) is 17.6 Å². The number of rotatable bonds is 8. The lowest BCUT2D eigenvalue weighted by Crippen LogP contribution is -2.41. The molecule has 1 aliphatic rings. The van der Waals surface area contributed by atoms with Crippen LogP contribution in [0.5, 0.6) is 0 Å². The highest BCUT2D eigenvalue weighted by atomic mass is 16.5. The minimum atomic E-state index is 0.212. The van der Waals surface area contributed by atoms with Gasteiger partial charge >= 0.3 is 0 Å². The molecule has 4 nitrogen and oxygen atoms in total. The SMILES string of the molecule is COC1CN(CC(C)(C)CNCC(C)C)CC1OC. The Balaban J connectivity index is 2.37. The van der Waals surface area contributed by atoms with E-state index in [4.69, 9.17) is 9.47 Å². The third-order valence-corrected chi connectivity index (χ3v) is 3.70. The number of nitrogens with zero attached hydrogens (tertiary/aromatic N) is 1. The Hall–Kier alpha value is -0.160. The van der Waals surface area contributed by atoms with Crippen molar-refractivity contribution in [2.24, 2.45) is 11.3 Å². The monoisotopic (exact) mass is 272 g/mol. The number of nitrogens with one attached hydrogen (secondary N) is 1. The molecule has 1 aliphatic heterocycles. The molecular formula is C15H32N2O2. The molecule has 4 heteroatoms. The van der Waals surface area contributed by atoms with Gasteiger partial charge in [-0.25, -0.2) is 0 Å². The zero-order chi connectivity index (χ0) is 14.5. The summed E-state index contributed by atoms with van der Waals surface area (Å²) in [5, 5.41) is 3.56. The van der Waals surface area contributed by atoms with Gasteiger partial charge in [0.2, 0.25) is 0 Å². The van der Waals surface area contributed by atoms with Crippen molar-refractivity contribution < 1.29 is 9.47 Å². The number of ether oxygens (including phenoxy) is 2. The summed E-state index contributed by atoms with van der Waals surface area (Å²) in [7, 11) is 3.55. The van der Waals surface area contributed by atoms with E-state index in [0.29, 0.717) is 5.92 Å². The van der Waals surface area contributed by atoms with E-state index >= 15 is 0 Å². The Kier molecular flexibility index (Phi) is 6.74. The van der Waals surface area contributed by atoms with Crippen molar-refractivity contribution in [1.29, 1.82) is 0 Å². The van der Waals surface area contributed by atoms with Gasteiger partial charge < -0.3 is 14.8 Å². The molecule has 19 heavy (non-hydrogen) atoms. The molecule has 1 heterocycles. The van der Waals surface area contributed by atoms with Crippen molar-refractivity contribution in [3.05, 3.63) is 0 Å². The lowest BCUT2D eigenvalue weighted by molar-refractivity contribution is -0.00461. The molecule has 0 radical (unpaired) electrons. The van der Waals surface area contributed by atoms with Crippen LogP contribution < -0.4 is 5.32 Å². The second kappa shape index (κ2) is 7.58. The van der Waals surface area contributed by atoms with Gasteiger partial charge in [-0.05, 0) is 17.9 Å². The highest BCUT2D eigenvalue weighted by Crippen LogP contribution is 2.22. The Labute approximate surface area is 118 Å². The van der Waals surface area contributed by atoms with Crippen LogP contribution in [0.25, 0.3) is 0 Å². The first-order chi connectivity index (χ1) is 8.88. The zero-order valence-corrected chi connectivity index (χ0v) is 13.5. The molecule has 2 atom stereocenters. The average molecular weight is 272 g/mol. The van der Waals surface area contributed by atoms with Gasteiger partial charge in [-0.3, -0.25) is 4.90 Å². The molecule has 0 aliphatic carbocycles. The molecule has 1 rings (SSSR count). The highest BCUT2D eigenvalue weighted by Gasteiger charge is 2.35. The second-order valence-electron chi connectivity index (χ2n) is 6.93. The van der Waals surface area contributed by atoms with E-state index in [2.05, 4.69) is 37.9 Å². The summed E-state index contributed by atoms with van der Waals surface area (Å²) in [5.41, 5.74) is 0.274. The fourth-order valence-corrected chi connectivity index (χ4v) is 2.76. The van der Waals surface area contributed by atoms with E-state index in [1.54, 1.807) is 14.2 Å². The van der Waals surface area contributed by atoms with Crippen LogP contribution in [0.3, 0.4) is 0 Å². The van der Waals surface area contributed by atoms with Crippen LogP contribution in [0.1, 0.15) is 27.7 Å². The quantitative estimate of drug-likeness (QED) is 0.728. The van der Waals surface area contributed by atoms with Crippen molar-refractivity contribution >= 4 is 0 Å². The lowest BCUT2D eigenvalue weighted by Gasteiger charge is -2.30. The number of likely N-dealkylation sites (tertiary alicyclic amines) is 1. The van der Waals surface area contributed by atoms with Crippen molar-refractivity contribution in [2.45, 2.75) is 39.9 Å². The van der Waals surface area contributed by atoms with Gasteiger partial charge in [-0.1, -0.05) is 27.7 Å². The van der Waals surface area contributed by atoms with Crippen LogP contribution in [0.2, 0.25) is 0 Å². The Morgan fingerprint density at radius 2 is 1.68 bits per heavy atom. The smallest absolute Gasteiger partial charge is 0.0971 e. The average Bonchev–Trinajstić information content (AvgIpc) is 2.69. The van der Waals surface area contributed by atoms with Crippen LogP contribution in [-0.2, 0) is 9.47 Å². The molecular weight excluding hydrogens is 240 g/mol. The topological polar surface area (TPSA) is 33.7 Å². The van der Waals surface area contributed by atoms with Crippen molar-refractivity contribution in [3.63, 3.8) is 0 Å². The summed E-state index contributed by atoms with van der Waals surface area (Å²) in [6, 6.07) is 0. The number of methoxy groups -OCH3 is 2. The Morgan fingerprint density at radius 1 is 1.16 bits per heavy atom. The van der Waals surface area contributed by atoms with Gasteiger partial charge in [-0.2, -0.15) is 0 Å². The summed E-state index contributed by atoms with van der Waals surface area (Å²) >= 11 is 0. The largest absolute Gasteiger partial charge is 0.377 e. The molecule has 2 unspecified atom stereocenters. The molecule has 0 spiro atoms. The summed E-state index contributed by atoms with van der Waals surface area (Å²) in [5.74, 6) is 0.707. The molecule has 1 saturated heterocycles. The van der Waals surface area contributed by atoms with Gasteiger partial charge in [0.15, 0.2) is 0 Å². The van der Waals surface area contributed by atoms with Crippen molar-refractivity contribution in [3.8, 4) is 0 Å². The molecule has 114 valence electrons. The highest BCUT2D eigenvalue weighted by molar-refractivity contribution is 4.88. The predicted octanol–water partition coefficient (Wildman–Crippen LogP) is 1.60. The van der Waals surface area contributed by atoms with E-state index in [1.165, 1.54) is 0 Å². The molecule has 0 amide bonds. The first-order valence-corrected chi connectivity index (χ1v) is 7.36. The Morgan fingerprint density at radius 3 is 2.11 bits per heavy atom. The van der Waals surface area contributed by atoms with Crippen molar-refractivity contribution in [2.75, 3.05) is 46.9 Å². The third kappa shape index (κ3) is 5.78. The fraction of sp³-hybridized carbons (Fsp3) is 1.00. The zero-order valence-electron chi connectivity index (χ0n) is 13.5. The summed E-state index contributed by atoms with van der Waals surface area (Å²) in [6.07, 6.45) is 0.425. The van der Waals surface area contributed by atoms with E-state index in [0.717, 1.165) is 32.7 Å².